The molecular weight excluding hydrogens is 412 g/mol. The van der Waals surface area contributed by atoms with Crippen LogP contribution in [0.5, 0.6) is 5.75 Å². The number of piperidine rings is 1. The standard InChI is InChI=1S/C21H31ClN2O4S/c22-19-14-18(11-12-20(19)25)29(27,28)24-13-7-6-10-17(24)15-23-21(26)16-8-4-2-1-3-5-9-16/h11-12,14,16-17,25H,1-10,13,15H2,(H,23,26). The molecule has 2 aliphatic rings. The molecule has 8 heteroatoms. The van der Waals surface area contributed by atoms with E-state index in [4.69, 9.17) is 11.6 Å². The second-order valence-corrected chi connectivity index (χ2v) is 10.5. The summed E-state index contributed by atoms with van der Waals surface area (Å²) < 4.78 is 27.8. The summed E-state index contributed by atoms with van der Waals surface area (Å²) in [7, 11) is -3.75. The summed E-state index contributed by atoms with van der Waals surface area (Å²) in [6.07, 6.45) is 10.1. The van der Waals surface area contributed by atoms with Crippen molar-refractivity contribution < 1.29 is 18.3 Å². The number of nitrogens with one attached hydrogen (secondary N) is 1. The molecule has 2 fully saturated rings. The van der Waals surface area contributed by atoms with Crippen LogP contribution in [0.2, 0.25) is 5.02 Å². The number of amides is 1. The highest BCUT2D eigenvalue weighted by Crippen LogP contribution is 2.30. The van der Waals surface area contributed by atoms with E-state index in [1.165, 1.54) is 41.8 Å². The first-order valence-electron chi connectivity index (χ1n) is 10.7. The fourth-order valence-electron chi connectivity index (χ4n) is 4.36. The third kappa shape index (κ3) is 5.64. The van der Waals surface area contributed by atoms with Crippen LogP contribution in [0.25, 0.3) is 0 Å². The summed E-state index contributed by atoms with van der Waals surface area (Å²) in [5.41, 5.74) is 0. The zero-order valence-corrected chi connectivity index (χ0v) is 18.3. The van der Waals surface area contributed by atoms with Crippen LogP contribution < -0.4 is 5.32 Å². The van der Waals surface area contributed by atoms with Crippen LogP contribution in [-0.4, -0.2) is 42.9 Å². The van der Waals surface area contributed by atoms with E-state index in [-0.39, 0.29) is 33.5 Å². The summed E-state index contributed by atoms with van der Waals surface area (Å²) in [5, 5.41) is 12.6. The van der Waals surface area contributed by atoms with Crippen molar-refractivity contribution in [3.05, 3.63) is 23.2 Å². The highest BCUT2D eigenvalue weighted by atomic mass is 35.5. The number of phenols is 1. The van der Waals surface area contributed by atoms with Crippen molar-refractivity contribution >= 4 is 27.5 Å². The van der Waals surface area contributed by atoms with Gasteiger partial charge in [0.05, 0.1) is 9.92 Å². The Kier molecular flexibility index (Phi) is 7.82. The van der Waals surface area contributed by atoms with E-state index in [9.17, 15) is 18.3 Å². The molecule has 1 aliphatic carbocycles. The lowest BCUT2D eigenvalue weighted by molar-refractivity contribution is -0.125. The van der Waals surface area contributed by atoms with E-state index in [0.717, 1.165) is 44.9 Å². The summed E-state index contributed by atoms with van der Waals surface area (Å²) >= 11 is 5.92. The molecule has 0 aromatic heterocycles. The Morgan fingerprint density at radius 2 is 1.72 bits per heavy atom. The van der Waals surface area contributed by atoms with Gasteiger partial charge in [-0.3, -0.25) is 4.79 Å². The summed E-state index contributed by atoms with van der Waals surface area (Å²) in [6, 6.07) is 3.68. The van der Waals surface area contributed by atoms with Crippen LogP contribution in [0.1, 0.15) is 64.2 Å². The topological polar surface area (TPSA) is 86.7 Å². The van der Waals surface area contributed by atoms with E-state index in [2.05, 4.69) is 5.32 Å². The molecule has 1 atom stereocenters. The van der Waals surface area contributed by atoms with Crippen molar-refractivity contribution in [2.75, 3.05) is 13.1 Å². The molecule has 1 aromatic carbocycles. The number of nitrogens with zero attached hydrogens (tertiary/aromatic N) is 1. The van der Waals surface area contributed by atoms with Crippen LogP contribution in [0.15, 0.2) is 23.1 Å². The fraction of sp³-hybridized carbons (Fsp3) is 0.667. The van der Waals surface area contributed by atoms with Crippen molar-refractivity contribution in [3.8, 4) is 5.75 Å². The second kappa shape index (κ2) is 10.1. The molecule has 1 aliphatic heterocycles. The molecule has 1 heterocycles. The van der Waals surface area contributed by atoms with E-state index < -0.39 is 10.0 Å². The Morgan fingerprint density at radius 1 is 1.07 bits per heavy atom. The maximum atomic E-state index is 13.2. The van der Waals surface area contributed by atoms with Crippen molar-refractivity contribution in [1.29, 1.82) is 0 Å². The Labute approximate surface area is 178 Å². The predicted molar refractivity (Wildman–Crippen MR) is 113 cm³/mol. The lowest BCUT2D eigenvalue weighted by Crippen LogP contribution is -2.50. The number of aromatic hydroxyl groups is 1. The van der Waals surface area contributed by atoms with Gasteiger partial charge in [-0.25, -0.2) is 8.42 Å². The van der Waals surface area contributed by atoms with Gasteiger partial charge in [-0.1, -0.05) is 50.1 Å². The number of rotatable bonds is 5. The molecule has 0 radical (unpaired) electrons. The Balaban J connectivity index is 1.67. The van der Waals surface area contributed by atoms with Gasteiger partial charge in [-0.05, 0) is 43.9 Å². The molecule has 6 nitrogen and oxygen atoms in total. The molecule has 29 heavy (non-hydrogen) atoms. The number of benzene rings is 1. The first-order chi connectivity index (χ1) is 13.9. The second-order valence-electron chi connectivity index (χ2n) is 8.17. The number of hydrogen-bond donors (Lipinski definition) is 2. The van der Waals surface area contributed by atoms with Gasteiger partial charge in [0.1, 0.15) is 5.75 Å². The molecule has 1 saturated heterocycles. The van der Waals surface area contributed by atoms with E-state index in [1.807, 2.05) is 0 Å². The lowest BCUT2D eigenvalue weighted by atomic mass is 9.90. The average Bonchev–Trinajstić information content (AvgIpc) is 2.68. The Hall–Kier alpha value is -1.31. The van der Waals surface area contributed by atoms with Crippen LogP contribution >= 0.6 is 11.6 Å². The first-order valence-corrected chi connectivity index (χ1v) is 12.5. The van der Waals surface area contributed by atoms with E-state index >= 15 is 0 Å². The zero-order valence-electron chi connectivity index (χ0n) is 16.8. The van der Waals surface area contributed by atoms with Gasteiger partial charge in [0.15, 0.2) is 0 Å². The minimum Gasteiger partial charge on any atom is -0.506 e. The third-order valence-electron chi connectivity index (χ3n) is 6.09. The van der Waals surface area contributed by atoms with Crippen molar-refractivity contribution in [3.63, 3.8) is 0 Å². The van der Waals surface area contributed by atoms with Gasteiger partial charge >= 0.3 is 0 Å². The van der Waals surface area contributed by atoms with Crippen molar-refractivity contribution in [1.82, 2.24) is 9.62 Å². The van der Waals surface area contributed by atoms with Crippen LogP contribution in [-0.2, 0) is 14.8 Å². The maximum absolute atomic E-state index is 13.2. The monoisotopic (exact) mass is 442 g/mol. The lowest BCUT2D eigenvalue weighted by Gasteiger charge is -2.35. The van der Waals surface area contributed by atoms with E-state index in [1.54, 1.807) is 0 Å². The maximum Gasteiger partial charge on any atom is 0.243 e. The largest absolute Gasteiger partial charge is 0.506 e. The predicted octanol–water partition coefficient (Wildman–Crippen LogP) is 4.07. The van der Waals surface area contributed by atoms with E-state index in [0.29, 0.717) is 13.1 Å². The molecule has 2 N–H and O–H groups in total. The molecule has 1 amide bonds. The van der Waals surface area contributed by atoms with Gasteiger partial charge < -0.3 is 10.4 Å². The number of carbonyl (C=O) groups excluding carboxylic acids is 1. The molecule has 1 saturated carbocycles. The number of phenolic OH excluding ortho intramolecular Hbond substituents is 1. The third-order valence-corrected chi connectivity index (χ3v) is 8.34. The zero-order chi connectivity index (χ0) is 20.9. The average molecular weight is 443 g/mol. The SMILES string of the molecule is O=C(NCC1CCCCN1S(=O)(=O)c1ccc(O)c(Cl)c1)C1CCCCCCC1. The van der Waals surface area contributed by atoms with Gasteiger partial charge in [0, 0.05) is 25.0 Å². The van der Waals surface area contributed by atoms with Crippen molar-refractivity contribution in [2.24, 2.45) is 5.92 Å². The minimum atomic E-state index is -3.75. The van der Waals surface area contributed by atoms with Gasteiger partial charge in [-0.15, -0.1) is 0 Å². The highest BCUT2D eigenvalue weighted by Gasteiger charge is 2.34. The number of carbonyl (C=O) groups is 1. The summed E-state index contributed by atoms with van der Waals surface area (Å²) in [5.74, 6) is -0.0466. The molecule has 1 unspecified atom stereocenters. The molecule has 0 bridgehead atoms. The molecule has 3 rings (SSSR count). The molecule has 162 valence electrons. The summed E-state index contributed by atoms with van der Waals surface area (Å²) in [6.45, 7) is 0.755. The molecule has 0 spiro atoms. The fourth-order valence-corrected chi connectivity index (χ4v) is 6.32. The number of halogens is 1. The normalized spacial score (nSPS) is 22.6. The molecule has 1 aromatic rings. The van der Waals surface area contributed by atoms with Gasteiger partial charge in [0.2, 0.25) is 15.9 Å². The number of sulfonamides is 1. The van der Waals surface area contributed by atoms with Crippen LogP contribution in [0.3, 0.4) is 0 Å². The quantitative estimate of drug-likeness (QED) is 0.719. The minimum absolute atomic E-state index is 0.0113. The first kappa shape index (κ1) is 22.4. The highest BCUT2D eigenvalue weighted by molar-refractivity contribution is 7.89. The summed E-state index contributed by atoms with van der Waals surface area (Å²) in [4.78, 5) is 12.8. The van der Waals surface area contributed by atoms with Gasteiger partial charge in [-0.2, -0.15) is 4.31 Å². The number of hydrogen-bond acceptors (Lipinski definition) is 4. The Morgan fingerprint density at radius 3 is 2.41 bits per heavy atom. The Bertz CT molecular complexity index is 807. The van der Waals surface area contributed by atoms with Crippen LogP contribution in [0, 0.1) is 5.92 Å². The van der Waals surface area contributed by atoms with Gasteiger partial charge in [0.25, 0.3) is 0 Å². The molecular formula is C21H31ClN2O4S. The van der Waals surface area contributed by atoms with Crippen molar-refractivity contribution in [2.45, 2.75) is 75.1 Å². The smallest absolute Gasteiger partial charge is 0.243 e. The van der Waals surface area contributed by atoms with Crippen LogP contribution in [0.4, 0.5) is 0 Å².